The molecule has 0 aliphatic rings. The van der Waals surface area contributed by atoms with Gasteiger partial charge in [0, 0.05) is 28.4 Å². The van der Waals surface area contributed by atoms with Crippen LogP contribution < -0.4 is 5.43 Å². The maximum Gasteiger partial charge on any atom is 0.287 e. The Kier molecular flexibility index (Phi) is 4.78. The number of aromatic nitrogens is 2. The highest BCUT2D eigenvalue weighted by atomic mass is 16.6. The second kappa shape index (κ2) is 7.55. The molecule has 0 saturated carbocycles. The van der Waals surface area contributed by atoms with Gasteiger partial charge in [0.2, 0.25) is 0 Å². The van der Waals surface area contributed by atoms with Gasteiger partial charge in [0.1, 0.15) is 12.0 Å². The predicted molar refractivity (Wildman–Crippen MR) is 115 cm³/mol. The van der Waals surface area contributed by atoms with Gasteiger partial charge in [-0.3, -0.25) is 15.5 Å². The molecule has 4 rings (SSSR count). The molecular formula is C22H19N5O2. The summed E-state index contributed by atoms with van der Waals surface area (Å²) in [6.07, 6.45) is 2.93. The van der Waals surface area contributed by atoms with Crippen molar-refractivity contribution in [3.8, 4) is 5.69 Å². The first kappa shape index (κ1) is 18.4. The van der Waals surface area contributed by atoms with Crippen LogP contribution >= 0.6 is 0 Å². The Morgan fingerprint density at radius 1 is 1.10 bits per heavy atom. The van der Waals surface area contributed by atoms with Gasteiger partial charge in [-0.2, -0.15) is 5.10 Å². The maximum atomic E-state index is 10.7. The summed E-state index contributed by atoms with van der Waals surface area (Å²) in [6, 6.07) is 19.6. The molecule has 0 unspecified atom stereocenters. The summed E-state index contributed by atoms with van der Waals surface area (Å²) in [7, 11) is 0. The lowest BCUT2D eigenvalue weighted by Crippen LogP contribution is -2.01. The summed E-state index contributed by atoms with van der Waals surface area (Å²) in [5, 5.41) is 17.3. The van der Waals surface area contributed by atoms with Crippen LogP contribution in [0.2, 0.25) is 0 Å². The van der Waals surface area contributed by atoms with Crippen LogP contribution in [0.4, 0.5) is 11.5 Å². The molecular weight excluding hydrogens is 366 g/mol. The van der Waals surface area contributed by atoms with E-state index in [0.29, 0.717) is 5.82 Å². The quantitative estimate of drug-likeness (QED) is 0.298. The van der Waals surface area contributed by atoms with Crippen molar-refractivity contribution in [2.45, 2.75) is 13.8 Å². The summed E-state index contributed by atoms with van der Waals surface area (Å²) in [5.74, 6) is 0.440. The van der Waals surface area contributed by atoms with E-state index >= 15 is 0 Å². The number of fused-ring (bicyclic) bond motifs is 1. The van der Waals surface area contributed by atoms with Crippen molar-refractivity contribution in [2.24, 2.45) is 5.10 Å². The summed E-state index contributed by atoms with van der Waals surface area (Å²) in [6.45, 7) is 4.12. The van der Waals surface area contributed by atoms with E-state index in [9.17, 15) is 10.1 Å². The predicted octanol–water partition coefficient (Wildman–Crippen LogP) is 5.00. The lowest BCUT2D eigenvalue weighted by molar-refractivity contribution is -0.385. The number of pyridine rings is 1. The molecule has 1 N–H and O–H groups in total. The molecule has 144 valence electrons. The Morgan fingerprint density at radius 2 is 1.90 bits per heavy atom. The SMILES string of the molecule is Cc1cc(/C=N/Nc2ccc([N+](=O)[O-])cn2)c(C)n1-c1cccc2ccccc12. The molecule has 7 heteroatoms. The molecule has 0 bridgehead atoms. The molecule has 0 spiro atoms. The maximum absolute atomic E-state index is 10.7. The third-order valence-corrected chi connectivity index (χ3v) is 4.82. The zero-order valence-corrected chi connectivity index (χ0v) is 16.0. The highest BCUT2D eigenvalue weighted by Crippen LogP contribution is 2.26. The molecule has 2 heterocycles. The third-order valence-electron chi connectivity index (χ3n) is 4.82. The van der Waals surface area contributed by atoms with Crippen molar-refractivity contribution < 1.29 is 4.92 Å². The Morgan fingerprint density at radius 3 is 2.66 bits per heavy atom. The molecule has 2 aromatic carbocycles. The van der Waals surface area contributed by atoms with Crippen molar-refractivity contribution >= 4 is 28.5 Å². The average molecular weight is 385 g/mol. The van der Waals surface area contributed by atoms with E-state index in [1.807, 2.05) is 12.1 Å². The molecule has 0 atom stereocenters. The number of rotatable bonds is 5. The van der Waals surface area contributed by atoms with Crippen LogP contribution in [0.5, 0.6) is 0 Å². The van der Waals surface area contributed by atoms with Crippen LogP contribution in [-0.4, -0.2) is 20.7 Å². The normalized spacial score (nSPS) is 11.2. The van der Waals surface area contributed by atoms with Gasteiger partial charge in [0.25, 0.3) is 5.69 Å². The van der Waals surface area contributed by atoms with Gasteiger partial charge in [0.15, 0.2) is 0 Å². The second-order valence-corrected chi connectivity index (χ2v) is 6.69. The van der Waals surface area contributed by atoms with Crippen molar-refractivity contribution in [3.05, 3.63) is 93.9 Å². The van der Waals surface area contributed by atoms with Crippen molar-refractivity contribution in [1.82, 2.24) is 9.55 Å². The Bertz CT molecular complexity index is 1220. The fraction of sp³-hybridized carbons (Fsp3) is 0.0909. The number of benzene rings is 2. The minimum Gasteiger partial charge on any atom is -0.317 e. The molecule has 29 heavy (non-hydrogen) atoms. The number of hydrogen-bond donors (Lipinski definition) is 1. The standard InChI is InChI=1S/C22H19N5O2/c1-15-12-18(13-24-25-22-11-10-19(14-23-22)27(28)29)16(2)26(15)21-9-5-7-17-6-3-4-8-20(17)21/h3-14H,1-2H3,(H,23,25)/b24-13+. The highest BCUT2D eigenvalue weighted by molar-refractivity contribution is 5.91. The van der Waals surface area contributed by atoms with Crippen LogP contribution in [0, 0.1) is 24.0 Å². The molecule has 2 aromatic heterocycles. The van der Waals surface area contributed by atoms with E-state index in [1.54, 1.807) is 6.21 Å². The zero-order chi connectivity index (χ0) is 20.4. The van der Waals surface area contributed by atoms with Crippen molar-refractivity contribution in [3.63, 3.8) is 0 Å². The number of nitro groups is 1. The third kappa shape index (κ3) is 3.58. The molecule has 0 amide bonds. The van der Waals surface area contributed by atoms with Gasteiger partial charge in [-0.15, -0.1) is 0 Å². The Labute approximate surface area is 167 Å². The Hall–Kier alpha value is -4.00. The summed E-state index contributed by atoms with van der Waals surface area (Å²) < 4.78 is 2.22. The highest BCUT2D eigenvalue weighted by Gasteiger charge is 2.12. The van der Waals surface area contributed by atoms with E-state index in [1.165, 1.54) is 29.1 Å². The van der Waals surface area contributed by atoms with Crippen LogP contribution in [0.25, 0.3) is 16.5 Å². The summed E-state index contributed by atoms with van der Waals surface area (Å²) in [4.78, 5) is 14.2. The van der Waals surface area contributed by atoms with Gasteiger partial charge in [0.05, 0.1) is 16.8 Å². The number of anilines is 1. The van der Waals surface area contributed by atoms with E-state index in [2.05, 4.69) is 70.3 Å². The zero-order valence-electron chi connectivity index (χ0n) is 16.0. The molecule has 7 nitrogen and oxygen atoms in total. The molecule has 0 aliphatic heterocycles. The number of hydrogen-bond acceptors (Lipinski definition) is 5. The van der Waals surface area contributed by atoms with Crippen LogP contribution in [-0.2, 0) is 0 Å². The Balaban J connectivity index is 1.62. The largest absolute Gasteiger partial charge is 0.317 e. The number of aryl methyl sites for hydroxylation is 1. The van der Waals surface area contributed by atoms with E-state index in [4.69, 9.17) is 0 Å². The number of nitrogens with one attached hydrogen (secondary N) is 1. The number of hydrazone groups is 1. The molecule has 0 fully saturated rings. The summed E-state index contributed by atoms with van der Waals surface area (Å²) >= 11 is 0. The smallest absolute Gasteiger partial charge is 0.287 e. The lowest BCUT2D eigenvalue weighted by Gasteiger charge is -2.12. The van der Waals surface area contributed by atoms with Crippen LogP contribution in [0.15, 0.2) is 72.0 Å². The average Bonchev–Trinajstić information content (AvgIpc) is 3.01. The van der Waals surface area contributed by atoms with E-state index < -0.39 is 4.92 Å². The fourth-order valence-electron chi connectivity index (χ4n) is 3.42. The van der Waals surface area contributed by atoms with Gasteiger partial charge >= 0.3 is 0 Å². The van der Waals surface area contributed by atoms with Gasteiger partial charge in [-0.25, -0.2) is 4.98 Å². The first-order valence-corrected chi connectivity index (χ1v) is 9.11. The van der Waals surface area contributed by atoms with E-state index in [-0.39, 0.29) is 5.69 Å². The first-order chi connectivity index (χ1) is 14.0. The lowest BCUT2D eigenvalue weighted by atomic mass is 10.1. The molecule has 4 aromatic rings. The van der Waals surface area contributed by atoms with Crippen molar-refractivity contribution in [1.29, 1.82) is 0 Å². The van der Waals surface area contributed by atoms with E-state index in [0.717, 1.165) is 22.6 Å². The minimum absolute atomic E-state index is 0.0573. The first-order valence-electron chi connectivity index (χ1n) is 9.11. The van der Waals surface area contributed by atoms with Gasteiger partial charge < -0.3 is 4.57 Å². The topological polar surface area (TPSA) is 85.3 Å². The number of nitrogens with zero attached hydrogens (tertiary/aromatic N) is 4. The molecule has 0 aliphatic carbocycles. The molecule has 0 radical (unpaired) electrons. The van der Waals surface area contributed by atoms with Crippen LogP contribution in [0.1, 0.15) is 17.0 Å². The van der Waals surface area contributed by atoms with Crippen LogP contribution in [0.3, 0.4) is 0 Å². The van der Waals surface area contributed by atoms with Gasteiger partial charge in [-0.05, 0) is 37.4 Å². The van der Waals surface area contributed by atoms with Crippen molar-refractivity contribution in [2.75, 3.05) is 5.43 Å². The monoisotopic (exact) mass is 385 g/mol. The van der Waals surface area contributed by atoms with Gasteiger partial charge in [-0.1, -0.05) is 36.4 Å². The fourth-order valence-corrected chi connectivity index (χ4v) is 3.42. The minimum atomic E-state index is -0.484. The summed E-state index contributed by atoms with van der Waals surface area (Å²) in [5.41, 5.74) is 7.03. The second-order valence-electron chi connectivity index (χ2n) is 6.69. The molecule has 0 saturated heterocycles.